The monoisotopic (exact) mass is 333 g/mol. The maximum atomic E-state index is 11.4. The Morgan fingerprint density at radius 1 is 1.33 bits per heavy atom. The quantitative estimate of drug-likeness (QED) is 0.705. The van der Waals surface area contributed by atoms with Gasteiger partial charge >= 0.3 is 0 Å². The molecule has 1 atom stereocenters. The van der Waals surface area contributed by atoms with Gasteiger partial charge in [-0.05, 0) is 37.0 Å². The zero-order valence-electron chi connectivity index (χ0n) is 12.6. The zero-order chi connectivity index (χ0) is 15.9. The van der Waals surface area contributed by atoms with E-state index in [4.69, 9.17) is 22.1 Å². The van der Waals surface area contributed by atoms with Crippen LogP contribution in [-0.4, -0.2) is 32.6 Å². The molecule has 1 unspecified atom stereocenters. The van der Waals surface area contributed by atoms with Crippen molar-refractivity contribution in [1.29, 1.82) is 0 Å². The molecule has 2 N–H and O–H groups in total. The molecular formula is C15H24ClNO3S. The lowest BCUT2D eigenvalue weighted by molar-refractivity contribution is 0.318. The smallest absolute Gasteiger partial charge is 0.150 e. The summed E-state index contributed by atoms with van der Waals surface area (Å²) in [6, 6.07) is 5.75. The molecule has 120 valence electrons. The number of ether oxygens (including phenoxy) is 1. The number of sulfone groups is 1. The summed E-state index contributed by atoms with van der Waals surface area (Å²) in [5.41, 5.74) is 6.99. The Kier molecular flexibility index (Phi) is 7.49. The minimum absolute atomic E-state index is 0.132. The summed E-state index contributed by atoms with van der Waals surface area (Å²) in [7, 11) is -2.93. The second-order valence-corrected chi connectivity index (χ2v) is 7.96. The fourth-order valence-electron chi connectivity index (χ4n) is 1.84. The average Bonchev–Trinajstić information content (AvgIpc) is 2.45. The number of nitrogens with two attached hydrogens (primary N) is 1. The van der Waals surface area contributed by atoms with E-state index in [1.165, 1.54) is 0 Å². The van der Waals surface area contributed by atoms with Crippen molar-refractivity contribution in [2.24, 2.45) is 5.73 Å². The highest BCUT2D eigenvalue weighted by Crippen LogP contribution is 2.26. The van der Waals surface area contributed by atoms with Crippen molar-refractivity contribution < 1.29 is 13.2 Å². The molecule has 4 nitrogen and oxygen atoms in total. The first kappa shape index (κ1) is 18.3. The summed E-state index contributed by atoms with van der Waals surface area (Å²) in [5.74, 6) is 0.893. The van der Waals surface area contributed by atoms with Gasteiger partial charge < -0.3 is 10.5 Å². The van der Waals surface area contributed by atoms with Crippen LogP contribution in [0.3, 0.4) is 0 Å². The number of rotatable bonds is 9. The van der Waals surface area contributed by atoms with Crippen LogP contribution in [0.5, 0.6) is 5.75 Å². The molecule has 0 amide bonds. The van der Waals surface area contributed by atoms with E-state index >= 15 is 0 Å². The molecule has 1 aromatic carbocycles. The van der Waals surface area contributed by atoms with Gasteiger partial charge in [-0.1, -0.05) is 31.5 Å². The van der Waals surface area contributed by atoms with Crippen LogP contribution in [0.2, 0.25) is 5.02 Å². The fourth-order valence-corrected chi connectivity index (χ4v) is 2.94. The molecule has 21 heavy (non-hydrogen) atoms. The van der Waals surface area contributed by atoms with Crippen LogP contribution in [-0.2, 0) is 16.3 Å². The molecule has 0 aromatic heterocycles. The SMILES string of the molecule is CCC(N)Cc1ccc(OCCCS(=O)(=O)CC)c(Cl)c1. The first-order chi connectivity index (χ1) is 9.88. The maximum Gasteiger partial charge on any atom is 0.150 e. The molecule has 0 aliphatic carbocycles. The highest BCUT2D eigenvalue weighted by Gasteiger charge is 2.09. The van der Waals surface area contributed by atoms with E-state index in [2.05, 4.69) is 0 Å². The Labute approximate surface area is 132 Å². The van der Waals surface area contributed by atoms with Crippen LogP contribution < -0.4 is 10.5 Å². The average molecular weight is 334 g/mol. The summed E-state index contributed by atoms with van der Waals surface area (Å²) in [4.78, 5) is 0. The van der Waals surface area contributed by atoms with Gasteiger partial charge in [0.15, 0.2) is 0 Å². The predicted molar refractivity (Wildman–Crippen MR) is 87.9 cm³/mol. The molecule has 0 spiro atoms. The van der Waals surface area contributed by atoms with Crippen LogP contribution in [0.1, 0.15) is 32.3 Å². The molecule has 0 radical (unpaired) electrons. The first-order valence-corrected chi connectivity index (χ1v) is 9.45. The minimum atomic E-state index is -2.93. The van der Waals surface area contributed by atoms with Gasteiger partial charge in [0.1, 0.15) is 15.6 Å². The second kappa shape index (κ2) is 8.61. The summed E-state index contributed by atoms with van der Waals surface area (Å²) < 4.78 is 28.3. The Balaban J connectivity index is 2.50. The van der Waals surface area contributed by atoms with Crippen molar-refractivity contribution in [3.05, 3.63) is 28.8 Å². The van der Waals surface area contributed by atoms with E-state index < -0.39 is 9.84 Å². The number of halogens is 1. The van der Waals surface area contributed by atoms with Gasteiger partial charge in [0.05, 0.1) is 17.4 Å². The molecule has 0 saturated heterocycles. The molecule has 0 aliphatic heterocycles. The van der Waals surface area contributed by atoms with Gasteiger partial charge in [-0.3, -0.25) is 0 Å². The third kappa shape index (κ3) is 6.68. The Hall–Kier alpha value is -0.780. The van der Waals surface area contributed by atoms with Crippen LogP contribution in [0.25, 0.3) is 0 Å². The third-order valence-electron chi connectivity index (χ3n) is 3.32. The van der Waals surface area contributed by atoms with Crippen LogP contribution in [0, 0.1) is 0 Å². The van der Waals surface area contributed by atoms with E-state index in [1.807, 2.05) is 25.1 Å². The molecule has 0 heterocycles. The van der Waals surface area contributed by atoms with Crippen molar-refractivity contribution in [2.45, 2.75) is 39.2 Å². The summed E-state index contributed by atoms with van der Waals surface area (Å²) in [5, 5.41) is 0.536. The van der Waals surface area contributed by atoms with Gasteiger partial charge in [0.2, 0.25) is 0 Å². The van der Waals surface area contributed by atoms with Crippen molar-refractivity contribution in [1.82, 2.24) is 0 Å². The first-order valence-electron chi connectivity index (χ1n) is 7.25. The number of hydrogen-bond acceptors (Lipinski definition) is 4. The van der Waals surface area contributed by atoms with E-state index in [1.54, 1.807) is 6.92 Å². The van der Waals surface area contributed by atoms with Gasteiger partial charge in [-0.25, -0.2) is 8.42 Å². The van der Waals surface area contributed by atoms with Gasteiger partial charge in [0, 0.05) is 11.8 Å². The molecule has 0 fully saturated rings. The van der Waals surface area contributed by atoms with Crippen molar-refractivity contribution in [3.8, 4) is 5.75 Å². The lowest BCUT2D eigenvalue weighted by atomic mass is 10.0. The lowest BCUT2D eigenvalue weighted by Crippen LogP contribution is -2.21. The van der Waals surface area contributed by atoms with Gasteiger partial charge in [-0.15, -0.1) is 0 Å². The van der Waals surface area contributed by atoms with Crippen molar-refractivity contribution in [2.75, 3.05) is 18.1 Å². The van der Waals surface area contributed by atoms with E-state index in [9.17, 15) is 8.42 Å². The zero-order valence-corrected chi connectivity index (χ0v) is 14.2. The molecular weight excluding hydrogens is 310 g/mol. The topological polar surface area (TPSA) is 69.4 Å². The van der Waals surface area contributed by atoms with Crippen molar-refractivity contribution >= 4 is 21.4 Å². The molecule has 6 heteroatoms. The highest BCUT2D eigenvalue weighted by atomic mass is 35.5. The standard InChI is InChI=1S/C15H24ClNO3S/c1-3-13(17)10-12-6-7-15(14(16)11-12)20-8-5-9-21(18,19)4-2/h6-7,11,13H,3-5,8-10,17H2,1-2H3. The Morgan fingerprint density at radius 2 is 2.05 bits per heavy atom. The third-order valence-corrected chi connectivity index (χ3v) is 5.40. The largest absolute Gasteiger partial charge is 0.492 e. The molecule has 1 rings (SSSR count). The lowest BCUT2D eigenvalue weighted by Gasteiger charge is -2.12. The Bertz CT molecular complexity index is 546. The van der Waals surface area contributed by atoms with E-state index in [-0.39, 0.29) is 17.5 Å². The van der Waals surface area contributed by atoms with E-state index in [0.717, 1.165) is 18.4 Å². The van der Waals surface area contributed by atoms with Gasteiger partial charge in [0.25, 0.3) is 0 Å². The van der Waals surface area contributed by atoms with Crippen LogP contribution >= 0.6 is 11.6 Å². The molecule has 1 aromatic rings. The highest BCUT2D eigenvalue weighted by molar-refractivity contribution is 7.91. The summed E-state index contributed by atoms with van der Waals surface area (Å²) >= 11 is 6.17. The molecule has 0 bridgehead atoms. The predicted octanol–water partition coefficient (Wildman–Crippen LogP) is 2.82. The van der Waals surface area contributed by atoms with E-state index in [0.29, 0.717) is 23.8 Å². The second-order valence-electron chi connectivity index (χ2n) is 5.08. The summed E-state index contributed by atoms with van der Waals surface area (Å²) in [6.07, 6.45) is 2.17. The minimum Gasteiger partial charge on any atom is -0.492 e. The molecule has 0 aliphatic rings. The van der Waals surface area contributed by atoms with Crippen LogP contribution in [0.15, 0.2) is 18.2 Å². The maximum absolute atomic E-state index is 11.4. The van der Waals surface area contributed by atoms with Crippen LogP contribution in [0.4, 0.5) is 0 Å². The fraction of sp³-hybridized carbons (Fsp3) is 0.600. The normalized spacial score (nSPS) is 13.1. The van der Waals surface area contributed by atoms with Crippen molar-refractivity contribution in [3.63, 3.8) is 0 Å². The summed E-state index contributed by atoms with van der Waals surface area (Å²) in [6.45, 7) is 4.04. The Morgan fingerprint density at radius 3 is 2.62 bits per heavy atom. The number of benzene rings is 1. The van der Waals surface area contributed by atoms with Gasteiger partial charge in [-0.2, -0.15) is 0 Å². The number of hydrogen-bond donors (Lipinski definition) is 1. The molecule has 0 saturated carbocycles.